The summed E-state index contributed by atoms with van der Waals surface area (Å²) in [7, 11) is 5.03. The molecule has 0 fully saturated rings. The maximum atomic E-state index is 12.9. The van der Waals surface area contributed by atoms with Crippen LogP contribution in [0.15, 0.2) is 54.6 Å². The predicted octanol–water partition coefficient (Wildman–Crippen LogP) is 4.09. The average molecular weight is 350 g/mol. The lowest BCUT2D eigenvalue weighted by atomic mass is 10.1. The van der Waals surface area contributed by atoms with Gasteiger partial charge in [0, 0.05) is 18.0 Å². The fourth-order valence-electron chi connectivity index (χ4n) is 2.93. The van der Waals surface area contributed by atoms with Crippen LogP contribution in [0.3, 0.4) is 0 Å². The smallest absolute Gasteiger partial charge is 0.272 e. The highest BCUT2D eigenvalue weighted by atomic mass is 16.5. The molecule has 1 unspecified atom stereocenters. The molecular weight excluding hydrogens is 328 g/mol. The quantitative estimate of drug-likeness (QED) is 0.696. The first-order valence-electron chi connectivity index (χ1n) is 8.40. The first-order valence-corrected chi connectivity index (χ1v) is 8.40. The van der Waals surface area contributed by atoms with E-state index in [-0.39, 0.29) is 11.9 Å². The predicted molar refractivity (Wildman–Crippen MR) is 102 cm³/mol. The minimum absolute atomic E-state index is 0.138. The van der Waals surface area contributed by atoms with E-state index < -0.39 is 0 Å². The van der Waals surface area contributed by atoms with Gasteiger partial charge in [-0.25, -0.2) is 4.98 Å². The highest BCUT2D eigenvalue weighted by Gasteiger charge is 2.22. The van der Waals surface area contributed by atoms with Crippen LogP contribution in [0.1, 0.15) is 29.0 Å². The van der Waals surface area contributed by atoms with E-state index >= 15 is 0 Å². The molecular formula is C21H22N2O3. The molecule has 5 nitrogen and oxygen atoms in total. The van der Waals surface area contributed by atoms with Crippen molar-refractivity contribution in [3.8, 4) is 11.5 Å². The number of carbonyl (C=O) groups is 1. The Morgan fingerprint density at radius 3 is 2.54 bits per heavy atom. The Hall–Kier alpha value is -3.08. The van der Waals surface area contributed by atoms with Crippen LogP contribution in [0.25, 0.3) is 10.9 Å². The lowest BCUT2D eigenvalue weighted by Gasteiger charge is -2.26. The van der Waals surface area contributed by atoms with E-state index in [4.69, 9.17) is 9.47 Å². The summed E-state index contributed by atoms with van der Waals surface area (Å²) in [6.07, 6.45) is 0. The van der Waals surface area contributed by atoms with Gasteiger partial charge in [-0.3, -0.25) is 4.79 Å². The van der Waals surface area contributed by atoms with Crippen molar-refractivity contribution in [1.29, 1.82) is 0 Å². The summed E-state index contributed by atoms with van der Waals surface area (Å²) >= 11 is 0. The average Bonchev–Trinajstić information content (AvgIpc) is 2.71. The first-order chi connectivity index (χ1) is 12.5. The summed E-state index contributed by atoms with van der Waals surface area (Å²) in [6.45, 7) is 1.97. The first kappa shape index (κ1) is 17.7. The van der Waals surface area contributed by atoms with Crippen molar-refractivity contribution in [2.45, 2.75) is 13.0 Å². The zero-order chi connectivity index (χ0) is 18.7. The maximum Gasteiger partial charge on any atom is 0.272 e. The Balaban J connectivity index is 1.89. The minimum atomic E-state index is -0.146. The monoisotopic (exact) mass is 350 g/mol. The highest BCUT2D eigenvalue weighted by molar-refractivity contribution is 5.95. The molecule has 3 rings (SSSR count). The molecule has 0 saturated carbocycles. The van der Waals surface area contributed by atoms with Gasteiger partial charge in [-0.15, -0.1) is 0 Å². The summed E-state index contributed by atoms with van der Waals surface area (Å²) in [4.78, 5) is 19.1. The Morgan fingerprint density at radius 1 is 1.04 bits per heavy atom. The summed E-state index contributed by atoms with van der Waals surface area (Å²) in [5.41, 5.74) is 2.12. The fourth-order valence-corrected chi connectivity index (χ4v) is 2.93. The second-order valence-electron chi connectivity index (χ2n) is 6.09. The molecule has 1 atom stereocenters. The Labute approximate surface area is 153 Å². The van der Waals surface area contributed by atoms with Crippen molar-refractivity contribution in [3.63, 3.8) is 0 Å². The van der Waals surface area contributed by atoms with Gasteiger partial charge in [0.15, 0.2) is 0 Å². The van der Waals surface area contributed by atoms with Crippen LogP contribution in [0.5, 0.6) is 11.5 Å². The molecule has 2 aromatic carbocycles. The molecule has 3 aromatic rings. The van der Waals surface area contributed by atoms with E-state index in [1.165, 1.54) is 0 Å². The van der Waals surface area contributed by atoms with Gasteiger partial charge in [0.1, 0.15) is 17.2 Å². The Kier molecular flexibility index (Phi) is 5.07. The maximum absolute atomic E-state index is 12.9. The van der Waals surface area contributed by atoms with Crippen LogP contribution in [-0.2, 0) is 0 Å². The number of nitrogens with zero attached hydrogens (tertiary/aromatic N) is 2. The van der Waals surface area contributed by atoms with Gasteiger partial charge in [0.2, 0.25) is 0 Å². The number of ether oxygens (including phenoxy) is 2. The molecule has 0 aliphatic carbocycles. The molecule has 0 aliphatic rings. The van der Waals surface area contributed by atoms with E-state index in [2.05, 4.69) is 4.98 Å². The third kappa shape index (κ3) is 3.33. The third-order valence-electron chi connectivity index (χ3n) is 4.61. The zero-order valence-electron chi connectivity index (χ0n) is 15.4. The fraction of sp³-hybridized carbons (Fsp3) is 0.238. The van der Waals surface area contributed by atoms with Gasteiger partial charge >= 0.3 is 0 Å². The largest absolute Gasteiger partial charge is 0.497 e. The molecule has 1 heterocycles. The summed E-state index contributed by atoms with van der Waals surface area (Å²) in [6, 6.07) is 16.8. The molecule has 0 N–H and O–H groups in total. The lowest BCUT2D eigenvalue weighted by Crippen LogP contribution is -2.30. The second kappa shape index (κ2) is 7.44. The number of aromatic nitrogens is 1. The number of para-hydroxylation sites is 1. The van der Waals surface area contributed by atoms with Crippen molar-refractivity contribution in [1.82, 2.24) is 9.88 Å². The van der Waals surface area contributed by atoms with Crippen LogP contribution >= 0.6 is 0 Å². The van der Waals surface area contributed by atoms with E-state index in [0.29, 0.717) is 5.69 Å². The molecule has 134 valence electrons. The third-order valence-corrected chi connectivity index (χ3v) is 4.61. The number of fused-ring (bicyclic) bond motifs is 1. The van der Waals surface area contributed by atoms with Gasteiger partial charge in [0.25, 0.3) is 5.91 Å². The number of benzene rings is 2. The Bertz CT molecular complexity index is 939. The number of rotatable bonds is 5. The van der Waals surface area contributed by atoms with Crippen molar-refractivity contribution in [2.24, 2.45) is 0 Å². The molecule has 1 amide bonds. The topological polar surface area (TPSA) is 51.7 Å². The number of methoxy groups -OCH3 is 2. The van der Waals surface area contributed by atoms with Crippen LogP contribution < -0.4 is 9.47 Å². The summed E-state index contributed by atoms with van der Waals surface area (Å²) < 4.78 is 10.6. The summed E-state index contributed by atoms with van der Waals surface area (Å²) in [5, 5.41) is 0.932. The van der Waals surface area contributed by atoms with E-state index in [1.807, 2.05) is 55.5 Å². The van der Waals surface area contributed by atoms with Crippen molar-refractivity contribution < 1.29 is 14.3 Å². The SMILES string of the molecule is COc1ccc2nc(C(=O)N(C)C(C)c3ccccc3OC)ccc2c1. The standard InChI is InChI=1S/C21H22N2O3/c1-14(17-7-5-6-8-20(17)26-4)23(2)21(24)19-11-9-15-13-16(25-3)10-12-18(15)22-19/h5-14H,1-4H3. The zero-order valence-corrected chi connectivity index (χ0v) is 15.4. The summed E-state index contributed by atoms with van der Waals surface area (Å²) in [5.74, 6) is 1.39. The number of amides is 1. The highest BCUT2D eigenvalue weighted by Crippen LogP contribution is 2.29. The molecule has 0 spiro atoms. The molecule has 0 radical (unpaired) electrons. The Morgan fingerprint density at radius 2 is 1.81 bits per heavy atom. The van der Waals surface area contributed by atoms with Gasteiger partial charge < -0.3 is 14.4 Å². The van der Waals surface area contributed by atoms with Gasteiger partial charge in [-0.05, 0) is 37.3 Å². The van der Waals surface area contributed by atoms with Gasteiger partial charge in [-0.2, -0.15) is 0 Å². The van der Waals surface area contributed by atoms with Crippen LogP contribution in [0.2, 0.25) is 0 Å². The lowest BCUT2D eigenvalue weighted by molar-refractivity contribution is 0.0735. The number of hydrogen-bond donors (Lipinski definition) is 0. The van der Waals surface area contributed by atoms with E-state index in [1.54, 1.807) is 32.2 Å². The molecule has 0 aliphatic heterocycles. The number of carbonyl (C=O) groups excluding carboxylic acids is 1. The molecule has 5 heteroatoms. The van der Waals surface area contributed by atoms with Gasteiger partial charge in [-0.1, -0.05) is 24.3 Å². The number of pyridine rings is 1. The normalized spacial score (nSPS) is 11.8. The van der Waals surface area contributed by atoms with Crippen LogP contribution in [0.4, 0.5) is 0 Å². The van der Waals surface area contributed by atoms with Crippen molar-refractivity contribution in [3.05, 3.63) is 65.9 Å². The molecule has 0 saturated heterocycles. The van der Waals surface area contributed by atoms with E-state index in [9.17, 15) is 4.79 Å². The molecule has 26 heavy (non-hydrogen) atoms. The molecule has 1 aromatic heterocycles. The van der Waals surface area contributed by atoms with Crippen molar-refractivity contribution in [2.75, 3.05) is 21.3 Å². The van der Waals surface area contributed by atoms with Crippen molar-refractivity contribution >= 4 is 16.8 Å². The van der Waals surface area contributed by atoms with E-state index in [0.717, 1.165) is 28.0 Å². The van der Waals surface area contributed by atoms with Crippen LogP contribution in [0, 0.1) is 0 Å². The number of hydrogen-bond acceptors (Lipinski definition) is 4. The second-order valence-corrected chi connectivity index (χ2v) is 6.09. The van der Waals surface area contributed by atoms with Crippen LogP contribution in [-0.4, -0.2) is 37.1 Å². The molecule has 0 bridgehead atoms. The van der Waals surface area contributed by atoms with Gasteiger partial charge in [0.05, 0.1) is 25.8 Å². The minimum Gasteiger partial charge on any atom is -0.497 e.